The normalized spacial score (nSPS) is 20.2. The van der Waals surface area contributed by atoms with Crippen LogP contribution in [0.1, 0.15) is 28.6 Å². The zero-order valence-electron chi connectivity index (χ0n) is 13.9. The number of halogens is 1. The fourth-order valence-electron chi connectivity index (χ4n) is 3.61. The Kier molecular flexibility index (Phi) is 4.07. The quantitative estimate of drug-likeness (QED) is 0.826. The van der Waals surface area contributed by atoms with Crippen LogP contribution in [0, 0.1) is 11.7 Å². The molecule has 3 heterocycles. The maximum atomic E-state index is 13.5. The number of benzene rings is 1. The zero-order valence-corrected chi connectivity index (χ0v) is 14.8. The average Bonchev–Trinajstić information content (AvgIpc) is 3.07. The molecule has 1 atom stereocenters. The van der Waals surface area contributed by atoms with Gasteiger partial charge in [0, 0.05) is 24.8 Å². The summed E-state index contributed by atoms with van der Waals surface area (Å²) in [5, 5.41) is 1.88. The first-order valence-corrected chi connectivity index (χ1v) is 9.37. The van der Waals surface area contributed by atoms with Gasteiger partial charge in [-0.3, -0.25) is 9.59 Å². The number of fused-ring (bicyclic) bond motifs is 1. The number of carbonyl (C=O) groups is 2. The second-order valence-electron chi connectivity index (χ2n) is 6.75. The highest BCUT2D eigenvalue weighted by Crippen LogP contribution is 2.34. The van der Waals surface area contributed by atoms with Crippen LogP contribution >= 0.6 is 11.3 Å². The number of carbonyl (C=O) groups excluding carboxylic acids is 2. The Morgan fingerprint density at radius 1 is 1.24 bits per heavy atom. The Morgan fingerprint density at radius 2 is 2.04 bits per heavy atom. The fraction of sp³-hybridized carbons (Fsp3) is 0.368. The van der Waals surface area contributed by atoms with Gasteiger partial charge in [0.1, 0.15) is 5.82 Å². The summed E-state index contributed by atoms with van der Waals surface area (Å²) in [5.41, 5.74) is 1.70. The summed E-state index contributed by atoms with van der Waals surface area (Å²) in [6.07, 6.45) is 1.61. The van der Waals surface area contributed by atoms with E-state index >= 15 is 0 Å². The van der Waals surface area contributed by atoms with E-state index in [1.807, 2.05) is 18.4 Å². The van der Waals surface area contributed by atoms with Gasteiger partial charge in [-0.05, 0) is 55.0 Å². The van der Waals surface area contributed by atoms with Gasteiger partial charge in [-0.15, -0.1) is 11.3 Å². The van der Waals surface area contributed by atoms with E-state index < -0.39 is 0 Å². The second kappa shape index (κ2) is 6.26. The van der Waals surface area contributed by atoms with E-state index in [1.54, 1.807) is 21.9 Å². The lowest BCUT2D eigenvalue weighted by atomic mass is 9.92. The zero-order chi connectivity index (χ0) is 17.6. The topological polar surface area (TPSA) is 40.6 Å². The molecule has 1 unspecified atom stereocenters. The van der Waals surface area contributed by atoms with Crippen molar-refractivity contribution in [2.24, 2.45) is 5.92 Å². The van der Waals surface area contributed by atoms with Crippen molar-refractivity contribution in [2.75, 3.05) is 18.0 Å². The van der Waals surface area contributed by atoms with Gasteiger partial charge >= 0.3 is 0 Å². The summed E-state index contributed by atoms with van der Waals surface area (Å²) in [6.45, 7) is 2.93. The molecule has 0 N–H and O–H groups in total. The van der Waals surface area contributed by atoms with Crippen LogP contribution in [0.5, 0.6) is 0 Å². The minimum Gasteiger partial charge on any atom is -0.336 e. The number of amides is 2. The minimum atomic E-state index is -0.267. The SMILES string of the molecule is CC1CCc2cc(F)ccc2N1C(=O)C1CN(C(=O)c2cccs2)C1. The molecule has 2 aromatic rings. The third kappa shape index (κ3) is 2.84. The van der Waals surface area contributed by atoms with Crippen LogP contribution < -0.4 is 4.90 Å². The predicted octanol–water partition coefficient (Wildman–Crippen LogP) is 3.33. The minimum absolute atomic E-state index is 0.00628. The van der Waals surface area contributed by atoms with E-state index in [0.29, 0.717) is 18.0 Å². The van der Waals surface area contributed by atoms with Crippen LogP contribution in [0.25, 0.3) is 0 Å². The number of aryl methyl sites for hydroxylation is 1. The summed E-state index contributed by atoms with van der Waals surface area (Å²) in [7, 11) is 0. The molecule has 130 valence electrons. The van der Waals surface area contributed by atoms with Gasteiger partial charge in [0.2, 0.25) is 5.91 Å². The summed E-state index contributed by atoms with van der Waals surface area (Å²) in [5.74, 6) is -0.414. The third-order valence-electron chi connectivity index (χ3n) is 5.06. The van der Waals surface area contributed by atoms with Crippen molar-refractivity contribution in [3.63, 3.8) is 0 Å². The van der Waals surface area contributed by atoms with Crippen molar-refractivity contribution in [1.29, 1.82) is 0 Å². The molecule has 2 amide bonds. The molecule has 1 saturated heterocycles. The molecule has 1 aromatic carbocycles. The molecule has 0 aliphatic carbocycles. The van der Waals surface area contributed by atoms with Crippen LogP contribution in [-0.2, 0) is 11.2 Å². The van der Waals surface area contributed by atoms with Gasteiger partial charge in [0.05, 0.1) is 10.8 Å². The molecule has 6 heteroatoms. The smallest absolute Gasteiger partial charge is 0.263 e. The molecular formula is C19H19FN2O2S. The number of rotatable bonds is 2. The molecule has 2 aliphatic heterocycles. The first-order chi connectivity index (χ1) is 12.0. The van der Waals surface area contributed by atoms with E-state index in [9.17, 15) is 14.0 Å². The first-order valence-electron chi connectivity index (χ1n) is 8.49. The lowest BCUT2D eigenvalue weighted by molar-refractivity contribution is -0.126. The molecule has 4 nitrogen and oxygen atoms in total. The predicted molar refractivity (Wildman–Crippen MR) is 95.4 cm³/mol. The molecular weight excluding hydrogens is 339 g/mol. The van der Waals surface area contributed by atoms with Gasteiger partial charge in [-0.1, -0.05) is 6.07 Å². The van der Waals surface area contributed by atoms with Crippen LogP contribution in [0.3, 0.4) is 0 Å². The molecule has 0 radical (unpaired) electrons. The number of anilines is 1. The van der Waals surface area contributed by atoms with Gasteiger partial charge in [0.25, 0.3) is 5.91 Å². The molecule has 25 heavy (non-hydrogen) atoms. The van der Waals surface area contributed by atoms with Crippen LogP contribution in [0.15, 0.2) is 35.7 Å². The molecule has 0 bridgehead atoms. The van der Waals surface area contributed by atoms with Crippen molar-refractivity contribution in [2.45, 2.75) is 25.8 Å². The van der Waals surface area contributed by atoms with Gasteiger partial charge in [-0.25, -0.2) is 4.39 Å². The number of thiophene rings is 1. The van der Waals surface area contributed by atoms with Crippen molar-refractivity contribution in [1.82, 2.24) is 4.90 Å². The molecule has 1 aromatic heterocycles. The van der Waals surface area contributed by atoms with Crippen LogP contribution in [-0.4, -0.2) is 35.8 Å². The van der Waals surface area contributed by atoms with E-state index in [-0.39, 0.29) is 29.6 Å². The molecule has 2 aliphatic rings. The van der Waals surface area contributed by atoms with Gasteiger partial charge in [0.15, 0.2) is 0 Å². The number of hydrogen-bond acceptors (Lipinski definition) is 3. The summed E-state index contributed by atoms with van der Waals surface area (Å²) < 4.78 is 13.5. The van der Waals surface area contributed by atoms with Crippen molar-refractivity contribution in [3.8, 4) is 0 Å². The maximum Gasteiger partial charge on any atom is 0.263 e. The Labute approximate surface area is 149 Å². The van der Waals surface area contributed by atoms with Crippen molar-refractivity contribution in [3.05, 3.63) is 52.0 Å². The maximum absolute atomic E-state index is 13.5. The molecule has 0 spiro atoms. The summed E-state index contributed by atoms with van der Waals surface area (Å²) >= 11 is 1.42. The van der Waals surface area contributed by atoms with Crippen LogP contribution in [0.4, 0.5) is 10.1 Å². The standard InChI is InChI=1S/C19H19FN2O2S/c1-12-4-5-13-9-15(20)6-7-16(13)22(12)18(23)14-10-21(11-14)19(24)17-3-2-8-25-17/h2-3,6-9,12,14H,4-5,10-11H2,1H3. The lowest BCUT2D eigenvalue weighted by Crippen LogP contribution is -2.58. The van der Waals surface area contributed by atoms with Crippen molar-refractivity contribution < 1.29 is 14.0 Å². The Hall–Kier alpha value is -2.21. The number of hydrogen-bond donors (Lipinski definition) is 0. The highest BCUT2D eigenvalue weighted by Gasteiger charge is 2.41. The summed E-state index contributed by atoms with van der Waals surface area (Å²) in [6, 6.07) is 8.38. The Bertz CT molecular complexity index is 815. The number of likely N-dealkylation sites (tertiary alicyclic amines) is 1. The monoisotopic (exact) mass is 358 g/mol. The Balaban J connectivity index is 1.48. The van der Waals surface area contributed by atoms with Crippen LogP contribution in [0.2, 0.25) is 0 Å². The largest absolute Gasteiger partial charge is 0.336 e. The van der Waals surface area contributed by atoms with E-state index in [0.717, 1.165) is 24.1 Å². The lowest BCUT2D eigenvalue weighted by Gasteiger charge is -2.43. The first kappa shape index (κ1) is 16.3. The number of nitrogens with zero attached hydrogens (tertiary/aromatic N) is 2. The second-order valence-corrected chi connectivity index (χ2v) is 7.70. The van der Waals surface area contributed by atoms with E-state index in [2.05, 4.69) is 0 Å². The molecule has 1 fully saturated rings. The van der Waals surface area contributed by atoms with Gasteiger partial charge < -0.3 is 9.80 Å². The van der Waals surface area contributed by atoms with E-state index in [4.69, 9.17) is 0 Å². The fourth-order valence-corrected chi connectivity index (χ4v) is 4.30. The Morgan fingerprint density at radius 3 is 2.76 bits per heavy atom. The van der Waals surface area contributed by atoms with Gasteiger partial charge in [-0.2, -0.15) is 0 Å². The van der Waals surface area contributed by atoms with E-state index in [1.165, 1.54) is 23.5 Å². The highest BCUT2D eigenvalue weighted by atomic mass is 32.1. The molecule has 4 rings (SSSR count). The third-order valence-corrected chi connectivity index (χ3v) is 5.92. The summed E-state index contributed by atoms with van der Waals surface area (Å²) in [4.78, 5) is 29.5. The molecule has 0 saturated carbocycles. The highest BCUT2D eigenvalue weighted by molar-refractivity contribution is 7.12. The average molecular weight is 358 g/mol. The van der Waals surface area contributed by atoms with Crippen molar-refractivity contribution >= 4 is 28.8 Å².